The molecule has 1 atom stereocenters. The van der Waals surface area contributed by atoms with Gasteiger partial charge in [-0.05, 0) is 13.0 Å². The van der Waals surface area contributed by atoms with Crippen LogP contribution in [0.4, 0.5) is 5.69 Å². The summed E-state index contributed by atoms with van der Waals surface area (Å²) >= 11 is 0. The normalized spacial score (nSPS) is 23.4. The van der Waals surface area contributed by atoms with E-state index in [1.54, 1.807) is 32.2 Å². The molecule has 3 heteroatoms. The van der Waals surface area contributed by atoms with Crippen LogP contribution in [0, 0.1) is 11.8 Å². The molecule has 3 nitrogen and oxygen atoms in total. The Morgan fingerprint density at radius 2 is 2.07 bits per heavy atom. The minimum atomic E-state index is -1.67. The Kier molecular flexibility index (Phi) is 2.02. The smallest absolute Gasteiger partial charge is 0.276 e. The predicted molar refractivity (Wildman–Crippen MR) is 57.2 cm³/mol. The Morgan fingerprint density at radius 3 is 2.73 bits per heavy atom. The maximum Gasteiger partial charge on any atom is 0.276 e. The number of hydrogen-bond donors (Lipinski definition) is 1. The van der Waals surface area contributed by atoms with Crippen LogP contribution in [0.1, 0.15) is 12.5 Å². The number of nitrogens with zero attached hydrogens (tertiary/aromatic N) is 1. The number of para-hydroxylation sites is 1. The van der Waals surface area contributed by atoms with Gasteiger partial charge in [-0.2, -0.15) is 0 Å². The molecule has 76 valence electrons. The van der Waals surface area contributed by atoms with Gasteiger partial charge < -0.3 is 10.0 Å². The summed E-state index contributed by atoms with van der Waals surface area (Å²) in [4.78, 5) is 13.3. The molecule has 0 fully saturated rings. The van der Waals surface area contributed by atoms with E-state index in [9.17, 15) is 9.90 Å². The first-order valence-electron chi connectivity index (χ1n) is 4.65. The van der Waals surface area contributed by atoms with E-state index in [1.165, 1.54) is 4.90 Å². The second kappa shape index (κ2) is 3.11. The number of amides is 1. The second-order valence-electron chi connectivity index (χ2n) is 3.47. The maximum absolute atomic E-state index is 11.8. The molecular weight excluding hydrogens is 190 g/mol. The molecule has 0 aromatic heterocycles. The predicted octanol–water partition coefficient (Wildman–Crippen LogP) is 0.874. The average Bonchev–Trinajstić information content (AvgIpc) is 2.43. The van der Waals surface area contributed by atoms with Crippen molar-refractivity contribution in [2.75, 3.05) is 11.9 Å². The van der Waals surface area contributed by atoms with Gasteiger partial charge in [-0.25, -0.2) is 0 Å². The van der Waals surface area contributed by atoms with Crippen LogP contribution < -0.4 is 4.90 Å². The number of rotatable bonds is 0. The summed E-state index contributed by atoms with van der Waals surface area (Å²) in [5.74, 6) is 4.78. The van der Waals surface area contributed by atoms with Crippen molar-refractivity contribution in [1.82, 2.24) is 0 Å². The number of carbonyl (C=O) groups is 1. The third kappa shape index (κ3) is 1.15. The average molecular weight is 201 g/mol. The van der Waals surface area contributed by atoms with E-state index in [4.69, 9.17) is 0 Å². The van der Waals surface area contributed by atoms with Gasteiger partial charge in [0.15, 0.2) is 0 Å². The highest BCUT2D eigenvalue weighted by Gasteiger charge is 2.47. The highest BCUT2D eigenvalue weighted by Crippen LogP contribution is 2.38. The van der Waals surface area contributed by atoms with Crippen LogP contribution in [0.3, 0.4) is 0 Å². The first-order valence-corrected chi connectivity index (χ1v) is 4.65. The SMILES string of the molecule is CC#CC1(O)C(=O)N(C)c2ccccc21. The van der Waals surface area contributed by atoms with Crippen molar-refractivity contribution in [3.63, 3.8) is 0 Å². The summed E-state index contributed by atoms with van der Waals surface area (Å²) in [6.45, 7) is 1.60. The van der Waals surface area contributed by atoms with Gasteiger partial charge in [0.05, 0.1) is 5.69 Å². The minimum absolute atomic E-state index is 0.391. The van der Waals surface area contributed by atoms with Crippen LogP contribution >= 0.6 is 0 Å². The Hall–Kier alpha value is -1.79. The monoisotopic (exact) mass is 201 g/mol. The molecule has 2 rings (SSSR count). The van der Waals surface area contributed by atoms with Gasteiger partial charge in [0.2, 0.25) is 5.60 Å². The van der Waals surface area contributed by atoms with Crippen molar-refractivity contribution in [3.05, 3.63) is 29.8 Å². The van der Waals surface area contributed by atoms with Crippen LogP contribution in [0.25, 0.3) is 0 Å². The van der Waals surface area contributed by atoms with E-state index in [1.807, 2.05) is 6.07 Å². The number of hydrogen-bond acceptors (Lipinski definition) is 2. The lowest BCUT2D eigenvalue weighted by Crippen LogP contribution is -2.37. The number of carbonyl (C=O) groups excluding carboxylic acids is 1. The maximum atomic E-state index is 11.8. The van der Waals surface area contributed by atoms with Crippen molar-refractivity contribution in [2.24, 2.45) is 0 Å². The molecule has 1 aromatic carbocycles. The van der Waals surface area contributed by atoms with Gasteiger partial charge in [0, 0.05) is 12.6 Å². The van der Waals surface area contributed by atoms with Gasteiger partial charge in [-0.3, -0.25) is 4.79 Å². The Balaban J connectivity index is 2.69. The quantitative estimate of drug-likeness (QED) is 0.633. The molecule has 0 spiro atoms. The number of aliphatic hydroxyl groups is 1. The van der Waals surface area contributed by atoms with Gasteiger partial charge >= 0.3 is 0 Å². The zero-order valence-corrected chi connectivity index (χ0v) is 8.61. The van der Waals surface area contributed by atoms with Gasteiger partial charge in [-0.15, -0.1) is 5.92 Å². The number of anilines is 1. The molecule has 1 unspecified atom stereocenters. The van der Waals surface area contributed by atoms with Crippen molar-refractivity contribution < 1.29 is 9.90 Å². The third-order valence-corrected chi connectivity index (χ3v) is 2.58. The van der Waals surface area contributed by atoms with Gasteiger partial charge in [0.25, 0.3) is 5.91 Å². The third-order valence-electron chi connectivity index (χ3n) is 2.58. The topological polar surface area (TPSA) is 40.5 Å². The standard InChI is InChI=1S/C12H11NO2/c1-3-8-12(15)9-6-4-5-7-10(9)13(2)11(12)14/h4-7,15H,1-2H3. The number of benzene rings is 1. The number of likely N-dealkylation sites (N-methyl/N-ethyl adjacent to an activating group) is 1. The molecule has 0 bridgehead atoms. The molecule has 1 aliphatic rings. The molecule has 0 aliphatic carbocycles. The van der Waals surface area contributed by atoms with E-state index >= 15 is 0 Å². The summed E-state index contributed by atoms with van der Waals surface area (Å²) < 4.78 is 0. The Morgan fingerprint density at radius 1 is 1.40 bits per heavy atom. The zero-order chi connectivity index (χ0) is 11.1. The molecule has 0 radical (unpaired) electrons. The molecule has 1 aromatic rings. The zero-order valence-electron chi connectivity index (χ0n) is 8.61. The van der Waals surface area contributed by atoms with Crippen LogP contribution in [0.5, 0.6) is 0 Å². The van der Waals surface area contributed by atoms with Crippen LogP contribution in [0.15, 0.2) is 24.3 Å². The van der Waals surface area contributed by atoms with Crippen LogP contribution in [-0.2, 0) is 10.4 Å². The number of fused-ring (bicyclic) bond motifs is 1. The fourth-order valence-electron chi connectivity index (χ4n) is 1.84. The minimum Gasteiger partial charge on any atom is -0.366 e. The van der Waals surface area contributed by atoms with Crippen molar-refractivity contribution in [3.8, 4) is 11.8 Å². The highest BCUT2D eigenvalue weighted by molar-refractivity contribution is 6.08. The molecule has 0 saturated carbocycles. The first-order chi connectivity index (χ1) is 7.11. The first kappa shape index (κ1) is 9.75. The Labute approximate surface area is 88.3 Å². The Bertz CT molecular complexity index is 484. The van der Waals surface area contributed by atoms with E-state index in [0.29, 0.717) is 11.3 Å². The summed E-state index contributed by atoms with van der Waals surface area (Å²) in [5, 5.41) is 10.2. The molecule has 15 heavy (non-hydrogen) atoms. The molecule has 1 N–H and O–H groups in total. The molecular formula is C12H11NO2. The lowest BCUT2D eigenvalue weighted by atomic mass is 9.96. The summed E-state index contributed by atoms with van der Waals surface area (Å²) in [7, 11) is 1.64. The van der Waals surface area contributed by atoms with E-state index in [0.717, 1.165) is 0 Å². The molecule has 1 aliphatic heterocycles. The largest absolute Gasteiger partial charge is 0.366 e. The van der Waals surface area contributed by atoms with E-state index < -0.39 is 11.5 Å². The highest BCUT2D eigenvalue weighted by atomic mass is 16.3. The summed E-state index contributed by atoms with van der Waals surface area (Å²) in [6, 6.07) is 7.13. The second-order valence-corrected chi connectivity index (χ2v) is 3.47. The van der Waals surface area contributed by atoms with Crippen molar-refractivity contribution in [1.29, 1.82) is 0 Å². The molecule has 0 saturated heterocycles. The van der Waals surface area contributed by atoms with E-state index in [2.05, 4.69) is 11.8 Å². The lowest BCUT2D eigenvalue weighted by Gasteiger charge is -2.14. The summed E-state index contributed by atoms with van der Waals surface area (Å²) in [6.07, 6.45) is 0. The van der Waals surface area contributed by atoms with Gasteiger partial charge in [0.1, 0.15) is 0 Å². The fraction of sp³-hybridized carbons (Fsp3) is 0.250. The van der Waals surface area contributed by atoms with Crippen LogP contribution in [0.2, 0.25) is 0 Å². The van der Waals surface area contributed by atoms with E-state index in [-0.39, 0.29) is 0 Å². The van der Waals surface area contributed by atoms with Crippen LogP contribution in [-0.4, -0.2) is 18.1 Å². The molecule has 1 amide bonds. The fourth-order valence-corrected chi connectivity index (χ4v) is 1.84. The molecule has 1 heterocycles. The van der Waals surface area contributed by atoms with Gasteiger partial charge in [-0.1, -0.05) is 24.1 Å². The van der Waals surface area contributed by atoms with Crippen molar-refractivity contribution in [2.45, 2.75) is 12.5 Å². The lowest BCUT2D eigenvalue weighted by molar-refractivity contribution is -0.130. The summed E-state index contributed by atoms with van der Waals surface area (Å²) in [5.41, 5.74) is -0.389. The van der Waals surface area contributed by atoms with Crippen molar-refractivity contribution >= 4 is 11.6 Å².